The summed E-state index contributed by atoms with van der Waals surface area (Å²) in [4.78, 5) is 32.4. The maximum atomic E-state index is 13.8. The van der Waals surface area contributed by atoms with E-state index in [2.05, 4.69) is 4.98 Å². The smallest absolute Gasteiger partial charge is 0.417 e. The molecule has 1 aromatic heterocycles. The summed E-state index contributed by atoms with van der Waals surface area (Å²) in [5.74, 6) is -0.812. The summed E-state index contributed by atoms with van der Waals surface area (Å²) in [7, 11) is 0. The molecule has 0 radical (unpaired) electrons. The molecular formula is C30H32F9N3O5. The van der Waals surface area contributed by atoms with Crippen molar-refractivity contribution in [3.05, 3.63) is 58.3 Å². The zero-order chi connectivity index (χ0) is 35.1. The number of ether oxygens (including phenoxy) is 3. The van der Waals surface area contributed by atoms with Gasteiger partial charge in [0.2, 0.25) is 0 Å². The Morgan fingerprint density at radius 1 is 0.915 bits per heavy atom. The predicted molar refractivity (Wildman–Crippen MR) is 147 cm³/mol. The number of carbonyl (C=O) groups is 2. The van der Waals surface area contributed by atoms with Crippen LogP contribution < -0.4 is 4.90 Å². The van der Waals surface area contributed by atoms with Crippen LogP contribution in [0.3, 0.4) is 0 Å². The van der Waals surface area contributed by atoms with E-state index in [1.807, 2.05) is 0 Å². The van der Waals surface area contributed by atoms with Crippen molar-refractivity contribution in [2.45, 2.75) is 89.4 Å². The van der Waals surface area contributed by atoms with Gasteiger partial charge in [0.25, 0.3) is 0 Å². The molecule has 47 heavy (non-hydrogen) atoms. The molecule has 1 aromatic carbocycles. The first kappa shape index (κ1) is 36.1. The van der Waals surface area contributed by atoms with Gasteiger partial charge in [0.1, 0.15) is 24.1 Å². The summed E-state index contributed by atoms with van der Waals surface area (Å²) in [5.41, 5.74) is -6.13. The number of alkyl halides is 9. The summed E-state index contributed by atoms with van der Waals surface area (Å²) in [5, 5.41) is 0. The van der Waals surface area contributed by atoms with Gasteiger partial charge in [-0.05, 0) is 70.4 Å². The molecule has 2 fully saturated rings. The van der Waals surface area contributed by atoms with Gasteiger partial charge in [-0.15, -0.1) is 0 Å². The molecule has 4 rings (SSSR count). The molecule has 2 aliphatic rings. The van der Waals surface area contributed by atoms with Crippen molar-refractivity contribution in [1.29, 1.82) is 0 Å². The average molecular weight is 686 g/mol. The minimum absolute atomic E-state index is 0.0706. The number of amides is 1. The van der Waals surface area contributed by atoms with E-state index in [1.54, 1.807) is 20.8 Å². The van der Waals surface area contributed by atoms with E-state index < -0.39 is 89.7 Å². The highest BCUT2D eigenvalue weighted by Gasteiger charge is 2.44. The fourth-order valence-corrected chi connectivity index (χ4v) is 5.41. The van der Waals surface area contributed by atoms with Crippen LogP contribution in [0.4, 0.5) is 50.1 Å². The van der Waals surface area contributed by atoms with Gasteiger partial charge in [-0.1, -0.05) is 0 Å². The third kappa shape index (κ3) is 8.78. The molecule has 2 saturated heterocycles. The largest absolute Gasteiger partial charge is 0.459 e. The van der Waals surface area contributed by atoms with Crippen molar-refractivity contribution in [3.8, 4) is 0 Å². The highest BCUT2D eigenvalue weighted by atomic mass is 19.4. The Bertz CT molecular complexity index is 1430. The number of cyclic esters (lactones) is 1. The number of carbonyl (C=O) groups excluding carboxylic acids is 2. The van der Waals surface area contributed by atoms with Gasteiger partial charge < -0.3 is 19.1 Å². The summed E-state index contributed by atoms with van der Waals surface area (Å²) < 4.78 is 139. The molecule has 0 spiro atoms. The molecule has 0 bridgehead atoms. The van der Waals surface area contributed by atoms with Crippen LogP contribution in [0.2, 0.25) is 0 Å². The van der Waals surface area contributed by atoms with Crippen LogP contribution in [0, 0.1) is 0 Å². The van der Waals surface area contributed by atoms with E-state index >= 15 is 0 Å². The minimum Gasteiger partial charge on any atom is -0.459 e. The third-order valence-corrected chi connectivity index (χ3v) is 7.56. The zero-order valence-electron chi connectivity index (χ0n) is 25.6. The van der Waals surface area contributed by atoms with Crippen molar-refractivity contribution in [2.75, 3.05) is 24.7 Å². The summed E-state index contributed by atoms with van der Waals surface area (Å²) in [6, 6.07) is -0.171. The Hall–Kier alpha value is -3.76. The molecule has 2 atom stereocenters. The Labute approximate surface area is 263 Å². The topological polar surface area (TPSA) is 81.2 Å². The highest BCUT2D eigenvalue weighted by Crippen LogP contribution is 2.42. The number of esters is 1. The zero-order valence-corrected chi connectivity index (χ0v) is 25.6. The first-order chi connectivity index (χ1) is 21.5. The molecule has 0 aliphatic carbocycles. The number of nitrogens with zero attached hydrogens (tertiary/aromatic N) is 3. The molecule has 8 nitrogen and oxygen atoms in total. The number of benzene rings is 1. The lowest BCUT2D eigenvalue weighted by molar-refractivity contribution is -0.153. The lowest BCUT2D eigenvalue weighted by Crippen LogP contribution is -2.45. The lowest BCUT2D eigenvalue weighted by atomic mass is 9.97. The Morgan fingerprint density at radius 2 is 1.47 bits per heavy atom. The normalized spacial score (nSPS) is 19.9. The molecule has 0 saturated carbocycles. The van der Waals surface area contributed by atoms with Crippen LogP contribution in [-0.4, -0.2) is 59.4 Å². The number of anilines is 1. The van der Waals surface area contributed by atoms with E-state index in [0.29, 0.717) is 31.2 Å². The van der Waals surface area contributed by atoms with E-state index in [9.17, 15) is 49.1 Å². The molecular weight excluding hydrogens is 653 g/mol. The molecule has 2 aromatic rings. The Morgan fingerprint density at radius 3 is 1.98 bits per heavy atom. The second-order valence-electron chi connectivity index (χ2n) is 12.3. The maximum absolute atomic E-state index is 13.8. The monoisotopic (exact) mass is 685 g/mol. The standard InChI is InChI=1S/C30H32F9N3O5/c1-16-24(17-9-19(28(31,32)33)12-20(10-17)29(34,35)36)46-26(44)41(16)14-18-11-21(30(37,38)39)13-40-25(18)42(22-5-7-45-8-6-22)15-23(43)47-27(2,3)4/h9-13,16,22,24H,5-8,14-15H2,1-4H3/t16-,24-/m0/s1. The predicted octanol–water partition coefficient (Wildman–Crippen LogP) is 7.55. The second-order valence-corrected chi connectivity index (χ2v) is 12.3. The van der Waals surface area contributed by atoms with Gasteiger partial charge >= 0.3 is 30.6 Å². The van der Waals surface area contributed by atoms with Crippen molar-refractivity contribution < 1.29 is 63.3 Å². The summed E-state index contributed by atoms with van der Waals surface area (Å²) in [6.07, 6.45) is -16.7. The molecule has 1 amide bonds. The first-order valence-electron chi connectivity index (χ1n) is 14.4. The Kier molecular flexibility index (Phi) is 10.0. The van der Waals surface area contributed by atoms with Crippen molar-refractivity contribution in [1.82, 2.24) is 9.88 Å². The van der Waals surface area contributed by atoms with E-state index in [0.717, 1.165) is 11.0 Å². The van der Waals surface area contributed by atoms with Crippen LogP contribution in [0.15, 0.2) is 30.5 Å². The quantitative estimate of drug-likeness (QED) is 0.220. The molecule has 3 heterocycles. The number of aromatic nitrogens is 1. The molecule has 0 unspecified atom stereocenters. The van der Waals surface area contributed by atoms with Crippen molar-refractivity contribution in [2.24, 2.45) is 0 Å². The van der Waals surface area contributed by atoms with Gasteiger partial charge in [0.15, 0.2) is 0 Å². The van der Waals surface area contributed by atoms with Crippen LogP contribution >= 0.6 is 0 Å². The van der Waals surface area contributed by atoms with E-state index in [1.165, 1.54) is 11.8 Å². The second kappa shape index (κ2) is 13.0. The van der Waals surface area contributed by atoms with Crippen LogP contribution in [0.5, 0.6) is 0 Å². The van der Waals surface area contributed by atoms with Gasteiger partial charge in [-0.3, -0.25) is 9.69 Å². The SMILES string of the molecule is C[C@H]1[C@@H](c2cc(C(F)(F)F)cc(C(F)(F)F)c2)OC(=O)N1Cc1cc(C(F)(F)F)cnc1N(CC(=O)OC(C)(C)C)C1CCOCC1. The van der Waals surface area contributed by atoms with Gasteiger partial charge in [-0.2, -0.15) is 39.5 Å². The number of pyridine rings is 1. The fourth-order valence-electron chi connectivity index (χ4n) is 5.41. The summed E-state index contributed by atoms with van der Waals surface area (Å²) >= 11 is 0. The first-order valence-corrected chi connectivity index (χ1v) is 14.4. The minimum atomic E-state index is -5.16. The number of hydrogen-bond acceptors (Lipinski definition) is 7. The maximum Gasteiger partial charge on any atom is 0.417 e. The van der Waals surface area contributed by atoms with Crippen molar-refractivity contribution in [3.63, 3.8) is 0 Å². The Balaban J connectivity index is 1.75. The van der Waals surface area contributed by atoms with Gasteiger partial charge in [-0.25, -0.2) is 9.78 Å². The lowest BCUT2D eigenvalue weighted by Gasteiger charge is -2.36. The van der Waals surface area contributed by atoms with E-state index in [-0.39, 0.29) is 30.7 Å². The van der Waals surface area contributed by atoms with Crippen LogP contribution in [0.1, 0.15) is 74.5 Å². The summed E-state index contributed by atoms with van der Waals surface area (Å²) in [6.45, 7) is 5.65. The third-order valence-electron chi connectivity index (χ3n) is 7.56. The van der Waals surface area contributed by atoms with Gasteiger partial charge in [0, 0.05) is 31.0 Å². The van der Waals surface area contributed by atoms with Crippen LogP contribution in [-0.2, 0) is 44.1 Å². The molecule has 17 heteroatoms. The average Bonchev–Trinajstić information content (AvgIpc) is 3.22. The van der Waals surface area contributed by atoms with Gasteiger partial charge in [0.05, 0.1) is 29.3 Å². The molecule has 0 N–H and O–H groups in total. The number of hydrogen-bond donors (Lipinski definition) is 0. The number of rotatable bonds is 7. The molecule has 260 valence electrons. The van der Waals surface area contributed by atoms with E-state index in [4.69, 9.17) is 14.2 Å². The number of halogens is 9. The molecule has 2 aliphatic heterocycles. The highest BCUT2D eigenvalue weighted by molar-refractivity contribution is 5.77. The van der Waals surface area contributed by atoms with Crippen LogP contribution in [0.25, 0.3) is 0 Å². The van der Waals surface area contributed by atoms with Crippen molar-refractivity contribution >= 4 is 17.9 Å². The fraction of sp³-hybridized carbons (Fsp3) is 0.567.